The maximum Gasteiger partial charge on any atom is 0.120 e. The lowest BCUT2D eigenvalue weighted by Crippen LogP contribution is -1.96. The average Bonchev–Trinajstić information content (AvgIpc) is 3.05. The number of aromatic amines is 1. The van der Waals surface area contributed by atoms with Gasteiger partial charge < -0.3 is 0 Å². The molecule has 0 atom stereocenters. The highest BCUT2D eigenvalue weighted by Gasteiger charge is 2.14. The topological polar surface area (TPSA) is 41.6 Å². The first-order valence-corrected chi connectivity index (χ1v) is 9.01. The van der Waals surface area contributed by atoms with Crippen molar-refractivity contribution in [1.29, 1.82) is 0 Å². The Morgan fingerprint density at radius 3 is 2.13 bits per heavy atom. The van der Waals surface area contributed by atoms with Gasteiger partial charge in [-0.3, -0.25) is 5.10 Å². The molecular weight excluding hydrogens is 397 g/mol. The Morgan fingerprint density at radius 1 is 0.957 bits per heavy atom. The molecule has 0 amide bonds. The molecule has 3 aromatic rings. The summed E-state index contributed by atoms with van der Waals surface area (Å²) in [6.45, 7) is 6.62. The molecule has 118 valence electrons. The summed E-state index contributed by atoms with van der Waals surface area (Å²) >= 11 is 2.32. The molecule has 2 aromatic carbocycles. The summed E-state index contributed by atoms with van der Waals surface area (Å²) < 4.78 is 1.22. The molecule has 0 unspecified atom stereocenters. The van der Waals surface area contributed by atoms with E-state index in [1.54, 1.807) is 0 Å². The Labute approximate surface area is 150 Å². The van der Waals surface area contributed by atoms with Gasteiger partial charge in [-0.2, -0.15) is 0 Å². The lowest BCUT2D eigenvalue weighted by Gasteiger charge is -2.12. The highest BCUT2D eigenvalue weighted by Crippen LogP contribution is 2.31. The molecule has 0 aliphatic carbocycles. The van der Waals surface area contributed by atoms with Gasteiger partial charge in [-0.1, -0.05) is 31.2 Å². The maximum atomic E-state index is 4.36. The molecule has 0 saturated heterocycles. The molecule has 3 rings (SSSR count). The molecule has 0 bridgehead atoms. The number of nitrogens with zero attached hydrogens (tertiary/aromatic N) is 2. The van der Waals surface area contributed by atoms with Crippen LogP contribution in [0.1, 0.15) is 30.5 Å². The Hall–Kier alpha value is -1.69. The van der Waals surface area contributed by atoms with Crippen LogP contribution in [-0.2, 0) is 12.8 Å². The number of hydrogen-bond acceptors (Lipinski definition) is 2. The number of aromatic nitrogens is 3. The second kappa shape index (κ2) is 6.83. The first-order valence-electron chi connectivity index (χ1n) is 7.93. The number of aryl methyl sites for hydroxylation is 2. The van der Waals surface area contributed by atoms with Crippen molar-refractivity contribution < 1.29 is 0 Å². The van der Waals surface area contributed by atoms with E-state index >= 15 is 0 Å². The molecule has 1 heterocycles. The SMILES string of the molecule is CCc1cc(-c2nn[nH]c2-c2ccc(I)cc2)cc(CC)c1C. The largest absolute Gasteiger partial charge is 0.257 e. The summed E-state index contributed by atoms with van der Waals surface area (Å²) in [5, 5.41) is 11.5. The summed E-state index contributed by atoms with van der Waals surface area (Å²) in [4.78, 5) is 0. The molecule has 4 heteroatoms. The molecule has 0 saturated carbocycles. The normalized spacial score (nSPS) is 11.0. The van der Waals surface area contributed by atoms with Gasteiger partial charge in [0, 0.05) is 14.7 Å². The maximum absolute atomic E-state index is 4.36. The lowest BCUT2D eigenvalue weighted by atomic mass is 9.93. The van der Waals surface area contributed by atoms with Gasteiger partial charge in [-0.05, 0) is 83.3 Å². The van der Waals surface area contributed by atoms with Crippen LogP contribution < -0.4 is 0 Å². The Morgan fingerprint density at radius 2 is 1.57 bits per heavy atom. The van der Waals surface area contributed by atoms with Gasteiger partial charge in [0.25, 0.3) is 0 Å². The van der Waals surface area contributed by atoms with Crippen LogP contribution in [0.5, 0.6) is 0 Å². The van der Waals surface area contributed by atoms with Gasteiger partial charge in [-0.25, -0.2) is 0 Å². The number of rotatable bonds is 4. The number of hydrogen-bond donors (Lipinski definition) is 1. The summed E-state index contributed by atoms with van der Waals surface area (Å²) in [5.74, 6) is 0. The van der Waals surface area contributed by atoms with Crippen LogP contribution in [0.3, 0.4) is 0 Å². The van der Waals surface area contributed by atoms with E-state index in [2.05, 4.69) is 95.2 Å². The van der Waals surface area contributed by atoms with Crippen molar-refractivity contribution in [3.8, 4) is 22.5 Å². The lowest BCUT2D eigenvalue weighted by molar-refractivity contribution is 0.943. The molecule has 0 aliphatic rings. The molecule has 0 radical (unpaired) electrons. The third kappa shape index (κ3) is 3.17. The fourth-order valence-electron chi connectivity index (χ4n) is 2.96. The van der Waals surface area contributed by atoms with E-state index in [-0.39, 0.29) is 0 Å². The van der Waals surface area contributed by atoms with Crippen LogP contribution in [0.4, 0.5) is 0 Å². The van der Waals surface area contributed by atoms with E-state index in [4.69, 9.17) is 0 Å². The average molecular weight is 417 g/mol. The molecular formula is C19H20IN3. The summed E-state index contributed by atoms with van der Waals surface area (Å²) in [7, 11) is 0. The van der Waals surface area contributed by atoms with Crippen molar-refractivity contribution in [3.05, 3.63) is 56.7 Å². The van der Waals surface area contributed by atoms with Crippen LogP contribution in [-0.4, -0.2) is 15.4 Å². The minimum atomic E-state index is 0.926. The molecule has 1 aromatic heterocycles. The van der Waals surface area contributed by atoms with Gasteiger partial charge in [0.15, 0.2) is 0 Å². The Balaban J connectivity index is 2.13. The van der Waals surface area contributed by atoms with Crippen molar-refractivity contribution in [2.75, 3.05) is 0 Å². The predicted molar refractivity (Wildman–Crippen MR) is 103 cm³/mol. The van der Waals surface area contributed by atoms with Gasteiger partial charge in [0.05, 0.1) is 5.69 Å². The van der Waals surface area contributed by atoms with E-state index in [1.807, 2.05) is 0 Å². The van der Waals surface area contributed by atoms with Crippen molar-refractivity contribution in [1.82, 2.24) is 15.4 Å². The Kier molecular flexibility index (Phi) is 4.80. The highest BCUT2D eigenvalue weighted by molar-refractivity contribution is 14.1. The number of H-pyrrole nitrogens is 1. The van der Waals surface area contributed by atoms with E-state index in [9.17, 15) is 0 Å². The second-order valence-electron chi connectivity index (χ2n) is 5.67. The zero-order valence-corrected chi connectivity index (χ0v) is 15.8. The van der Waals surface area contributed by atoms with E-state index in [0.29, 0.717) is 0 Å². The molecule has 23 heavy (non-hydrogen) atoms. The van der Waals surface area contributed by atoms with Crippen molar-refractivity contribution in [2.24, 2.45) is 0 Å². The fraction of sp³-hybridized carbons (Fsp3) is 0.263. The zero-order chi connectivity index (χ0) is 16.4. The molecule has 0 fully saturated rings. The number of nitrogens with one attached hydrogen (secondary N) is 1. The summed E-state index contributed by atoms with van der Waals surface area (Å²) in [5.41, 5.74) is 8.34. The van der Waals surface area contributed by atoms with Crippen molar-refractivity contribution in [3.63, 3.8) is 0 Å². The first-order chi connectivity index (χ1) is 11.1. The van der Waals surface area contributed by atoms with E-state index in [0.717, 1.165) is 35.4 Å². The molecule has 0 spiro atoms. The van der Waals surface area contributed by atoms with E-state index in [1.165, 1.54) is 20.3 Å². The number of benzene rings is 2. The smallest absolute Gasteiger partial charge is 0.120 e. The van der Waals surface area contributed by atoms with Gasteiger partial charge >= 0.3 is 0 Å². The van der Waals surface area contributed by atoms with Gasteiger partial charge in [0.2, 0.25) is 0 Å². The van der Waals surface area contributed by atoms with Crippen LogP contribution >= 0.6 is 22.6 Å². The minimum absolute atomic E-state index is 0.926. The molecule has 0 aliphatic heterocycles. The van der Waals surface area contributed by atoms with Gasteiger partial charge in [-0.15, -0.1) is 5.10 Å². The van der Waals surface area contributed by atoms with Gasteiger partial charge in [0.1, 0.15) is 5.69 Å². The summed E-state index contributed by atoms with van der Waals surface area (Å²) in [6.07, 6.45) is 2.06. The fourth-order valence-corrected chi connectivity index (χ4v) is 3.32. The van der Waals surface area contributed by atoms with Crippen LogP contribution in [0.25, 0.3) is 22.5 Å². The van der Waals surface area contributed by atoms with Crippen molar-refractivity contribution >= 4 is 22.6 Å². The van der Waals surface area contributed by atoms with Crippen molar-refractivity contribution in [2.45, 2.75) is 33.6 Å². The Bertz CT molecular complexity index is 794. The van der Waals surface area contributed by atoms with Crippen LogP contribution in [0, 0.1) is 10.5 Å². The first kappa shape index (κ1) is 16.2. The number of halogens is 1. The quantitative estimate of drug-likeness (QED) is 0.595. The third-order valence-electron chi connectivity index (χ3n) is 4.34. The van der Waals surface area contributed by atoms with Crippen LogP contribution in [0.2, 0.25) is 0 Å². The molecule has 1 N–H and O–H groups in total. The monoisotopic (exact) mass is 417 g/mol. The highest BCUT2D eigenvalue weighted by atomic mass is 127. The zero-order valence-electron chi connectivity index (χ0n) is 13.7. The molecule has 3 nitrogen and oxygen atoms in total. The van der Waals surface area contributed by atoms with E-state index < -0.39 is 0 Å². The van der Waals surface area contributed by atoms with Crippen LogP contribution in [0.15, 0.2) is 36.4 Å². The third-order valence-corrected chi connectivity index (χ3v) is 5.06. The standard InChI is InChI=1S/C19H20IN3/c1-4-13-10-16(11-14(5-2)12(13)3)19-18(21-23-22-19)15-6-8-17(20)9-7-15/h6-11H,4-5H2,1-3H3,(H,21,22,23). The second-order valence-corrected chi connectivity index (χ2v) is 6.91. The summed E-state index contributed by atoms with van der Waals surface area (Å²) in [6, 6.07) is 12.9. The predicted octanol–water partition coefficient (Wildman–Crippen LogP) is 5.18. The minimum Gasteiger partial charge on any atom is -0.257 e.